The minimum Gasteiger partial charge on any atom is -0.469 e. The molecule has 0 aromatic carbocycles. The van der Waals surface area contributed by atoms with Gasteiger partial charge in [0, 0.05) is 26.6 Å². The number of esters is 1. The lowest BCUT2D eigenvalue weighted by Crippen LogP contribution is -2.37. The van der Waals surface area contributed by atoms with Gasteiger partial charge >= 0.3 is 5.97 Å². The van der Waals surface area contributed by atoms with Crippen LogP contribution in [0.3, 0.4) is 0 Å². The molecule has 0 aliphatic carbocycles. The zero-order valence-electron chi connectivity index (χ0n) is 10.9. The fourth-order valence-corrected chi connectivity index (χ4v) is 1.45. The predicted octanol–water partition coefficient (Wildman–Crippen LogP) is 0.146. The first-order valence-corrected chi connectivity index (χ1v) is 5.59. The monoisotopic (exact) mass is 240 g/mol. The van der Waals surface area contributed by atoms with Crippen LogP contribution >= 0.6 is 0 Å². The van der Waals surface area contributed by atoms with Gasteiger partial charge in [-0.05, 0) is 13.8 Å². The number of aryl methyl sites for hydroxylation is 1. The van der Waals surface area contributed by atoms with E-state index in [1.165, 1.54) is 7.11 Å². The molecule has 6 nitrogen and oxygen atoms in total. The molecule has 0 spiro atoms. The third kappa shape index (κ3) is 4.14. The summed E-state index contributed by atoms with van der Waals surface area (Å²) in [6, 6.07) is 0. The van der Waals surface area contributed by atoms with E-state index >= 15 is 0 Å². The van der Waals surface area contributed by atoms with Crippen molar-refractivity contribution in [1.29, 1.82) is 0 Å². The number of hydrogen-bond donors (Lipinski definition) is 1. The number of rotatable bonds is 6. The minimum atomic E-state index is -0.508. The Hall–Kier alpha value is -1.43. The maximum Gasteiger partial charge on any atom is 0.312 e. The van der Waals surface area contributed by atoms with Crippen molar-refractivity contribution in [1.82, 2.24) is 20.1 Å². The number of methoxy groups -OCH3 is 1. The van der Waals surface area contributed by atoms with Crippen molar-refractivity contribution in [2.75, 3.05) is 20.2 Å². The van der Waals surface area contributed by atoms with E-state index in [-0.39, 0.29) is 5.97 Å². The van der Waals surface area contributed by atoms with E-state index in [1.807, 2.05) is 20.9 Å². The Balaban J connectivity index is 2.26. The van der Waals surface area contributed by atoms with Crippen LogP contribution in [0.25, 0.3) is 0 Å². The number of nitrogens with zero attached hydrogens (tertiary/aromatic N) is 3. The molecule has 0 unspecified atom stereocenters. The molecule has 0 aliphatic rings. The van der Waals surface area contributed by atoms with E-state index in [1.54, 1.807) is 11.0 Å². The molecule has 0 fully saturated rings. The summed E-state index contributed by atoms with van der Waals surface area (Å²) in [5, 5.41) is 7.38. The lowest BCUT2D eigenvalue weighted by molar-refractivity contribution is -0.150. The highest BCUT2D eigenvalue weighted by Crippen LogP contribution is 2.15. The van der Waals surface area contributed by atoms with Crippen molar-refractivity contribution >= 4 is 5.97 Å². The van der Waals surface area contributed by atoms with Gasteiger partial charge in [-0.3, -0.25) is 9.48 Å². The summed E-state index contributed by atoms with van der Waals surface area (Å²) in [6.07, 6.45) is 2.42. The molecule has 1 rings (SSSR count). The Morgan fingerprint density at radius 1 is 1.59 bits per heavy atom. The van der Waals surface area contributed by atoms with Crippen molar-refractivity contribution in [3.63, 3.8) is 0 Å². The van der Waals surface area contributed by atoms with Crippen LogP contribution in [0.15, 0.2) is 6.33 Å². The number of ether oxygens (including phenoxy) is 1. The maximum absolute atomic E-state index is 11.4. The van der Waals surface area contributed by atoms with Gasteiger partial charge < -0.3 is 10.1 Å². The normalized spacial score (nSPS) is 11.5. The van der Waals surface area contributed by atoms with Gasteiger partial charge in [-0.25, -0.2) is 4.98 Å². The Morgan fingerprint density at radius 2 is 2.29 bits per heavy atom. The lowest BCUT2D eigenvalue weighted by atomic mass is 9.94. The van der Waals surface area contributed by atoms with Crippen LogP contribution in [0, 0.1) is 5.41 Å². The molecule has 17 heavy (non-hydrogen) atoms. The van der Waals surface area contributed by atoms with Gasteiger partial charge in [-0.2, -0.15) is 5.10 Å². The second kappa shape index (κ2) is 5.77. The van der Waals surface area contributed by atoms with E-state index in [0.717, 1.165) is 18.8 Å². The molecule has 0 atom stereocenters. The van der Waals surface area contributed by atoms with Crippen molar-refractivity contribution in [2.45, 2.75) is 20.3 Å². The summed E-state index contributed by atoms with van der Waals surface area (Å²) in [5.74, 6) is 0.594. The van der Waals surface area contributed by atoms with Crippen molar-refractivity contribution in [2.24, 2.45) is 12.5 Å². The summed E-state index contributed by atoms with van der Waals surface area (Å²) < 4.78 is 6.40. The van der Waals surface area contributed by atoms with E-state index in [2.05, 4.69) is 15.4 Å². The molecule has 0 radical (unpaired) electrons. The van der Waals surface area contributed by atoms with Crippen LogP contribution in [-0.4, -0.2) is 40.9 Å². The Bertz CT molecular complexity index is 373. The van der Waals surface area contributed by atoms with Crippen LogP contribution in [0.1, 0.15) is 19.7 Å². The Morgan fingerprint density at radius 3 is 2.82 bits per heavy atom. The molecule has 1 heterocycles. The van der Waals surface area contributed by atoms with E-state index in [4.69, 9.17) is 4.74 Å². The number of nitrogens with one attached hydrogen (secondary N) is 1. The van der Waals surface area contributed by atoms with Crippen LogP contribution < -0.4 is 5.32 Å². The summed E-state index contributed by atoms with van der Waals surface area (Å²) in [6.45, 7) is 5.02. The zero-order valence-corrected chi connectivity index (χ0v) is 10.9. The first-order chi connectivity index (χ1) is 7.95. The standard InChI is InChI=1S/C11H20N4O2/c1-11(2,10(16)17-4)7-12-6-5-9-13-8-15(3)14-9/h8,12H,5-7H2,1-4H3. The second-order valence-corrected chi connectivity index (χ2v) is 4.64. The molecule has 1 N–H and O–H groups in total. The van der Waals surface area contributed by atoms with Gasteiger partial charge in [0.05, 0.1) is 12.5 Å². The molecular formula is C11H20N4O2. The van der Waals surface area contributed by atoms with Crippen LogP contribution in [0.2, 0.25) is 0 Å². The second-order valence-electron chi connectivity index (χ2n) is 4.64. The zero-order chi connectivity index (χ0) is 12.9. The fraction of sp³-hybridized carbons (Fsp3) is 0.727. The van der Waals surface area contributed by atoms with Gasteiger partial charge in [-0.15, -0.1) is 0 Å². The molecule has 0 bridgehead atoms. The molecule has 6 heteroatoms. The molecule has 0 amide bonds. The van der Waals surface area contributed by atoms with Gasteiger partial charge in [-0.1, -0.05) is 0 Å². The number of aromatic nitrogens is 3. The lowest BCUT2D eigenvalue weighted by Gasteiger charge is -2.21. The van der Waals surface area contributed by atoms with Gasteiger partial charge in [0.1, 0.15) is 6.33 Å². The first kappa shape index (κ1) is 13.6. The molecular weight excluding hydrogens is 220 g/mol. The van der Waals surface area contributed by atoms with Crippen molar-refractivity contribution in [3.8, 4) is 0 Å². The van der Waals surface area contributed by atoms with Crippen LogP contribution in [0.4, 0.5) is 0 Å². The predicted molar refractivity (Wildman–Crippen MR) is 63.4 cm³/mol. The molecule has 0 aliphatic heterocycles. The van der Waals surface area contributed by atoms with Crippen LogP contribution in [-0.2, 0) is 23.0 Å². The number of hydrogen-bond acceptors (Lipinski definition) is 5. The third-order valence-electron chi connectivity index (χ3n) is 2.48. The van der Waals surface area contributed by atoms with Gasteiger partial charge in [0.25, 0.3) is 0 Å². The summed E-state index contributed by atoms with van der Waals surface area (Å²) in [4.78, 5) is 15.5. The molecule has 0 saturated heterocycles. The summed E-state index contributed by atoms with van der Waals surface area (Å²) in [7, 11) is 3.24. The average molecular weight is 240 g/mol. The van der Waals surface area contributed by atoms with Crippen molar-refractivity contribution < 1.29 is 9.53 Å². The smallest absolute Gasteiger partial charge is 0.312 e. The first-order valence-electron chi connectivity index (χ1n) is 5.59. The Labute approximate surface area is 101 Å². The fourth-order valence-electron chi connectivity index (χ4n) is 1.45. The van der Waals surface area contributed by atoms with Crippen LogP contribution in [0.5, 0.6) is 0 Å². The third-order valence-corrected chi connectivity index (χ3v) is 2.48. The largest absolute Gasteiger partial charge is 0.469 e. The highest BCUT2D eigenvalue weighted by molar-refractivity contribution is 5.76. The van der Waals surface area contributed by atoms with E-state index in [9.17, 15) is 4.79 Å². The van der Waals surface area contributed by atoms with Gasteiger partial charge in [0.2, 0.25) is 0 Å². The quantitative estimate of drug-likeness (QED) is 0.566. The molecule has 1 aromatic heterocycles. The van der Waals surface area contributed by atoms with E-state index in [0.29, 0.717) is 6.54 Å². The maximum atomic E-state index is 11.4. The van der Waals surface area contributed by atoms with Gasteiger partial charge in [0.15, 0.2) is 5.82 Å². The number of carbonyl (C=O) groups excluding carboxylic acids is 1. The highest BCUT2D eigenvalue weighted by Gasteiger charge is 2.27. The summed E-state index contributed by atoms with van der Waals surface area (Å²) >= 11 is 0. The van der Waals surface area contributed by atoms with E-state index < -0.39 is 5.41 Å². The number of carbonyl (C=O) groups is 1. The van der Waals surface area contributed by atoms with Crippen molar-refractivity contribution in [3.05, 3.63) is 12.2 Å². The summed E-state index contributed by atoms with van der Waals surface area (Å²) in [5.41, 5.74) is -0.508. The minimum absolute atomic E-state index is 0.207. The molecule has 1 aromatic rings. The molecule has 96 valence electrons. The average Bonchev–Trinajstić information content (AvgIpc) is 2.69. The highest BCUT2D eigenvalue weighted by atomic mass is 16.5. The topological polar surface area (TPSA) is 69.0 Å². The Kier molecular flexibility index (Phi) is 4.62. The SMILES string of the molecule is COC(=O)C(C)(C)CNCCc1ncn(C)n1. The molecule has 0 saturated carbocycles.